The molecule has 0 spiro atoms. The first-order valence-electron chi connectivity index (χ1n) is 9.87. The maximum atomic E-state index is 12.1. The molecule has 2 heterocycles. The third kappa shape index (κ3) is 7.49. The van der Waals surface area contributed by atoms with Gasteiger partial charge in [0.1, 0.15) is 5.82 Å². The van der Waals surface area contributed by atoms with Crippen molar-refractivity contribution in [3.63, 3.8) is 0 Å². The van der Waals surface area contributed by atoms with Crippen molar-refractivity contribution in [3.05, 3.63) is 42.4 Å². The van der Waals surface area contributed by atoms with Crippen LogP contribution in [0.1, 0.15) is 18.7 Å². The molecule has 1 aliphatic rings. The topological polar surface area (TPSA) is 120 Å². The van der Waals surface area contributed by atoms with Crippen LogP contribution in [0, 0.1) is 0 Å². The van der Waals surface area contributed by atoms with Gasteiger partial charge in [-0.3, -0.25) is 9.79 Å². The molecule has 1 aromatic carbocycles. The van der Waals surface area contributed by atoms with E-state index in [0.717, 1.165) is 17.1 Å². The van der Waals surface area contributed by atoms with Crippen LogP contribution in [0.2, 0.25) is 0 Å². The second kappa shape index (κ2) is 11.5. The second-order valence-corrected chi connectivity index (χ2v) is 9.59. The molecule has 3 rings (SSSR count). The lowest BCUT2D eigenvalue weighted by atomic mass is 10.2. The highest BCUT2D eigenvalue weighted by Crippen LogP contribution is 2.16. The molecular formula is C20H29IN6O3S. The van der Waals surface area contributed by atoms with Gasteiger partial charge in [-0.15, -0.1) is 24.0 Å². The predicted molar refractivity (Wildman–Crippen MR) is 132 cm³/mol. The lowest BCUT2D eigenvalue weighted by Gasteiger charge is -2.21. The van der Waals surface area contributed by atoms with E-state index in [1.54, 1.807) is 7.05 Å². The molecule has 0 radical (unpaired) electrons. The van der Waals surface area contributed by atoms with Crippen molar-refractivity contribution in [2.45, 2.75) is 25.4 Å². The number of aromatic amines is 1. The highest BCUT2D eigenvalue weighted by atomic mass is 127. The van der Waals surface area contributed by atoms with Crippen molar-refractivity contribution in [1.29, 1.82) is 0 Å². The average Bonchev–Trinajstić information content (AvgIpc) is 3.31. The summed E-state index contributed by atoms with van der Waals surface area (Å²) in [5.74, 6) is 1.46. The second-order valence-electron chi connectivity index (χ2n) is 7.36. The zero-order chi connectivity index (χ0) is 21.6. The van der Waals surface area contributed by atoms with Crippen LogP contribution in [0.4, 0.5) is 0 Å². The van der Waals surface area contributed by atoms with Crippen molar-refractivity contribution in [2.75, 3.05) is 32.1 Å². The van der Waals surface area contributed by atoms with E-state index in [-0.39, 0.29) is 53.9 Å². The smallest absolute Gasteiger partial charge is 0.222 e. The van der Waals surface area contributed by atoms with Gasteiger partial charge >= 0.3 is 0 Å². The number of aromatic nitrogens is 2. The number of carbonyl (C=O) groups is 1. The normalized spacial score (nSPS) is 17.6. The molecule has 1 fully saturated rings. The molecule has 0 saturated carbocycles. The predicted octanol–water partition coefficient (Wildman–Crippen LogP) is 1.40. The Morgan fingerprint density at radius 1 is 1.32 bits per heavy atom. The Labute approximate surface area is 200 Å². The van der Waals surface area contributed by atoms with Crippen LogP contribution >= 0.6 is 24.0 Å². The van der Waals surface area contributed by atoms with E-state index in [2.05, 4.69) is 25.6 Å². The average molecular weight is 560 g/mol. The van der Waals surface area contributed by atoms with Crippen LogP contribution in [-0.4, -0.2) is 73.3 Å². The number of sulfone groups is 1. The van der Waals surface area contributed by atoms with Crippen LogP contribution in [-0.2, 0) is 21.2 Å². The van der Waals surface area contributed by atoms with Crippen LogP contribution in [0.3, 0.4) is 0 Å². The maximum absolute atomic E-state index is 12.1. The van der Waals surface area contributed by atoms with E-state index in [1.165, 1.54) is 0 Å². The van der Waals surface area contributed by atoms with E-state index in [9.17, 15) is 13.2 Å². The number of carbonyl (C=O) groups excluding carboxylic acids is 1. The number of aliphatic imine (C=N–C) groups is 1. The number of nitrogens with zero attached hydrogens (tertiary/aromatic N) is 3. The van der Waals surface area contributed by atoms with Gasteiger partial charge in [0, 0.05) is 33.1 Å². The third-order valence-corrected chi connectivity index (χ3v) is 6.67. The molecule has 1 amide bonds. The molecule has 0 bridgehead atoms. The monoisotopic (exact) mass is 560 g/mol. The number of H-pyrrole nitrogens is 1. The minimum atomic E-state index is -3.00. The van der Waals surface area contributed by atoms with Crippen molar-refractivity contribution in [2.24, 2.45) is 4.99 Å². The number of guanidine groups is 1. The first-order valence-corrected chi connectivity index (χ1v) is 11.7. The van der Waals surface area contributed by atoms with Gasteiger partial charge in [0.15, 0.2) is 15.8 Å². The first kappa shape index (κ1) is 25.1. The number of halogens is 1. The zero-order valence-corrected chi connectivity index (χ0v) is 20.8. The summed E-state index contributed by atoms with van der Waals surface area (Å²) >= 11 is 0. The molecule has 1 aromatic heterocycles. The molecule has 1 saturated heterocycles. The van der Waals surface area contributed by atoms with Crippen molar-refractivity contribution in [3.8, 4) is 11.3 Å². The fourth-order valence-electron chi connectivity index (χ4n) is 3.39. The number of nitrogens with one attached hydrogen (secondary N) is 3. The van der Waals surface area contributed by atoms with E-state index < -0.39 is 9.84 Å². The number of hydrogen-bond acceptors (Lipinski definition) is 5. The first-order chi connectivity index (χ1) is 14.4. The van der Waals surface area contributed by atoms with Crippen molar-refractivity contribution < 1.29 is 13.2 Å². The summed E-state index contributed by atoms with van der Waals surface area (Å²) in [5, 5.41) is 5.94. The molecular weight excluding hydrogens is 531 g/mol. The molecule has 11 heteroatoms. The Morgan fingerprint density at radius 3 is 2.71 bits per heavy atom. The van der Waals surface area contributed by atoms with E-state index >= 15 is 0 Å². The third-order valence-electron chi connectivity index (χ3n) is 4.91. The lowest BCUT2D eigenvalue weighted by molar-refractivity contribution is -0.121. The molecule has 2 aromatic rings. The Balaban J connectivity index is 0.00000341. The summed E-state index contributed by atoms with van der Waals surface area (Å²) in [5.41, 5.74) is 2.02. The van der Waals surface area contributed by atoms with Crippen LogP contribution in [0.25, 0.3) is 11.3 Å². The number of amides is 1. The zero-order valence-electron chi connectivity index (χ0n) is 17.7. The van der Waals surface area contributed by atoms with Crippen molar-refractivity contribution >= 4 is 45.7 Å². The van der Waals surface area contributed by atoms with Gasteiger partial charge in [-0.25, -0.2) is 13.4 Å². The number of benzene rings is 1. The molecule has 1 atom stereocenters. The minimum absolute atomic E-state index is 0. The van der Waals surface area contributed by atoms with Crippen LogP contribution < -0.4 is 10.6 Å². The standard InChI is InChI=1S/C20H28N6O3S.HI/c1-21-20(22-10-8-19(27)24-16-9-11-30(28,29)14-16)26(2)13-18-23-12-17(25-18)15-6-4-3-5-7-15;/h3-7,12,16H,8-11,13-14H2,1-2H3,(H,21,22)(H,23,25)(H,24,27);1H. The molecule has 3 N–H and O–H groups in total. The van der Waals surface area contributed by atoms with Gasteiger partial charge in [-0.2, -0.15) is 0 Å². The highest BCUT2D eigenvalue weighted by molar-refractivity contribution is 14.0. The maximum Gasteiger partial charge on any atom is 0.222 e. The van der Waals surface area contributed by atoms with E-state index in [0.29, 0.717) is 25.5 Å². The van der Waals surface area contributed by atoms with Gasteiger partial charge in [0.05, 0.1) is 29.9 Å². The Bertz CT molecular complexity index is 993. The summed E-state index contributed by atoms with van der Waals surface area (Å²) in [7, 11) is 0.572. The Kier molecular flexibility index (Phi) is 9.29. The largest absolute Gasteiger partial charge is 0.356 e. The van der Waals surface area contributed by atoms with Gasteiger partial charge in [0.25, 0.3) is 0 Å². The molecule has 1 aliphatic heterocycles. The SMILES string of the molecule is CN=C(NCCC(=O)NC1CCS(=O)(=O)C1)N(C)Cc1ncc(-c2ccccc2)[nH]1.I. The van der Waals surface area contributed by atoms with E-state index in [1.807, 2.05) is 48.5 Å². The minimum Gasteiger partial charge on any atom is -0.356 e. The highest BCUT2D eigenvalue weighted by Gasteiger charge is 2.28. The molecule has 170 valence electrons. The quantitative estimate of drug-likeness (QED) is 0.268. The van der Waals surface area contributed by atoms with Gasteiger partial charge < -0.3 is 20.5 Å². The molecule has 31 heavy (non-hydrogen) atoms. The number of rotatable bonds is 7. The van der Waals surface area contributed by atoms with Gasteiger partial charge in [-0.05, 0) is 12.0 Å². The number of imidazole rings is 1. The molecule has 0 aliphatic carbocycles. The van der Waals surface area contributed by atoms with Crippen molar-refractivity contribution in [1.82, 2.24) is 25.5 Å². The number of hydrogen-bond donors (Lipinski definition) is 3. The molecule has 1 unspecified atom stereocenters. The summed E-state index contributed by atoms with van der Waals surface area (Å²) in [6.45, 7) is 0.925. The summed E-state index contributed by atoms with van der Waals surface area (Å²) < 4.78 is 23.0. The summed E-state index contributed by atoms with van der Waals surface area (Å²) in [4.78, 5) is 26.0. The summed E-state index contributed by atoms with van der Waals surface area (Å²) in [6, 6.07) is 9.70. The molecule has 9 nitrogen and oxygen atoms in total. The Hall–Kier alpha value is -2.15. The van der Waals surface area contributed by atoms with Gasteiger partial charge in [0.2, 0.25) is 5.91 Å². The van der Waals surface area contributed by atoms with Gasteiger partial charge in [-0.1, -0.05) is 30.3 Å². The lowest BCUT2D eigenvalue weighted by Crippen LogP contribution is -2.41. The van der Waals surface area contributed by atoms with Crippen LogP contribution in [0.15, 0.2) is 41.5 Å². The Morgan fingerprint density at radius 2 is 2.06 bits per heavy atom. The summed E-state index contributed by atoms with van der Waals surface area (Å²) in [6.07, 6.45) is 2.53. The fourth-order valence-corrected chi connectivity index (χ4v) is 5.06. The fraction of sp³-hybridized carbons (Fsp3) is 0.450. The van der Waals surface area contributed by atoms with E-state index in [4.69, 9.17) is 0 Å². The van der Waals surface area contributed by atoms with Crippen LogP contribution in [0.5, 0.6) is 0 Å².